The number of rotatable bonds is 6. The van der Waals surface area contributed by atoms with Gasteiger partial charge >= 0.3 is 0 Å². The van der Waals surface area contributed by atoms with Gasteiger partial charge < -0.3 is 0 Å². The van der Waals surface area contributed by atoms with Crippen molar-refractivity contribution >= 4 is 45.1 Å². The zero-order valence-electron chi connectivity index (χ0n) is 17.9. The van der Waals surface area contributed by atoms with E-state index in [1.165, 1.54) is 21.2 Å². The summed E-state index contributed by atoms with van der Waals surface area (Å²) in [7, 11) is 0. The Balaban J connectivity index is 1.28. The first-order valence-corrected chi connectivity index (χ1v) is 11.3. The number of fused-ring (bicyclic) bond motifs is 4. The molecule has 0 spiro atoms. The fraction of sp³-hybridized carbons (Fsp3) is 0.222. The standard InChI is InChI=1S/C27H23ClN2O2/c1-17-10-12-19-20-13-11-18(28)16-25(20)29-24(23(19)15-17)9-3-2-6-14-30-26(31)21-7-4-5-8-22(21)27(30)32/h4-5,7-8,10-13,15-16H,2-3,6,9,14H2,1H3. The SMILES string of the molecule is Cc1ccc2c(c1)c(CCCCCN1C(=O)c3ccccc3C1=O)nc1cc(Cl)ccc12. The third-order valence-corrected chi connectivity index (χ3v) is 6.40. The first kappa shape index (κ1) is 20.7. The van der Waals surface area contributed by atoms with Gasteiger partial charge in [0.1, 0.15) is 0 Å². The third kappa shape index (κ3) is 3.65. The molecule has 0 N–H and O–H groups in total. The van der Waals surface area contributed by atoms with Crippen LogP contribution >= 0.6 is 11.6 Å². The number of aromatic nitrogens is 1. The second-order valence-electron chi connectivity index (χ2n) is 8.39. The molecule has 0 bridgehead atoms. The monoisotopic (exact) mass is 442 g/mol. The highest BCUT2D eigenvalue weighted by Gasteiger charge is 2.34. The second-order valence-corrected chi connectivity index (χ2v) is 8.82. The molecule has 1 aliphatic heterocycles. The van der Waals surface area contributed by atoms with Crippen LogP contribution in [0.1, 0.15) is 51.2 Å². The van der Waals surface area contributed by atoms with Gasteiger partial charge in [-0.3, -0.25) is 19.5 Å². The summed E-state index contributed by atoms with van der Waals surface area (Å²) in [5, 5.41) is 4.17. The lowest BCUT2D eigenvalue weighted by Crippen LogP contribution is -2.30. The van der Waals surface area contributed by atoms with Gasteiger partial charge in [0.25, 0.3) is 11.8 Å². The van der Waals surface area contributed by atoms with Crippen molar-refractivity contribution < 1.29 is 9.59 Å². The Kier molecular flexibility index (Phi) is 5.40. The van der Waals surface area contributed by atoms with Gasteiger partial charge in [0.15, 0.2) is 0 Å². The van der Waals surface area contributed by atoms with Crippen molar-refractivity contribution in [3.8, 4) is 0 Å². The average Bonchev–Trinajstić information content (AvgIpc) is 3.03. The van der Waals surface area contributed by atoms with Gasteiger partial charge in [0.05, 0.1) is 16.6 Å². The molecule has 32 heavy (non-hydrogen) atoms. The van der Waals surface area contributed by atoms with E-state index in [1.54, 1.807) is 24.3 Å². The van der Waals surface area contributed by atoms with E-state index in [0.717, 1.165) is 42.3 Å². The van der Waals surface area contributed by atoms with E-state index in [9.17, 15) is 9.59 Å². The maximum atomic E-state index is 12.5. The smallest absolute Gasteiger partial charge is 0.261 e. The topological polar surface area (TPSA) is 50.3 Å². The Bertz CT molecular complexity index is 1340. The number of benzene rings is 3. The predicted molar refractivity (Wildman–Crippen MR) is 128 cm³/mol. The number of hydrogen-bond donors (Lipinski definition) is 0. The number of amides is 2. The van der Waals surface area contributed by atoms with E-state index < -0.39 is 0 Å². The molecule has 0 aliphatic carbocycles. The number of pyridine rings is 1. The van der Waals surface area contributed by atoms with Crippen LogP contribution in [0.4, 0.5) is 0 Å². The fourth-order valence-electron chi connectivity index (χ4n) is 4.53. The molecule has 1 aromatic heterocycles. The summed E-state index contributed by atoms with van der Waals surface area (Å²) in [5.74, 6) is -0.361. The Morgan fingerprint density at radius 3 is 2.28 bits per heavy atom. The molecule has 1 aliphatic rings. The van der Waals surface area contributed by atoms with Crippen LogP contribution in [0.5, 0.6) is 0 Å². The van der Waals surface area contributed by atoms with Crippen molar-refractivity contribution in [2.24, 2.45) is 0 Å². The summed E-state index contributed by atoms with van der Waals surface area (Å²) in [6.07, 6.45) is 3.47. The van der Waals surface area contributed by atoms with Gasteiger partial charge in [0, 0.05) is 28.0 Å². The summed E-state index contributed by atoms with van der Waals surface area (Å²) >= 11 is 6.21. The molecule has 0 fully saturated rings. The van der Waals surface area contributed by atoms with Crippen LogP contribution < -0.4 is 0 Å². The Morgan fingerprint density at radius 2 is 1.53 bits per heavy atom. The number of nitrogens with zero attached hydrogens (tertiary/aromatic N) is 2. The van der Waals surface area contributed by atoms with Gasteiger partial charge in [-0.25, -0.2) is 0 Å². The Morgan fingerprint density at radius 1 is 0.812 bits per heavy atom. The molecule has 5 rings (SSSR count). The lowest BCUT2D eigenvalue weighted by Gasteiger charge is -2.14. The highest BCUT2D eigenvalue weighted by molar-refractivity contribution is 6.31. The van der Waals surface area contributed by atoms with Crippen molar-refractivity contribution in [1.29, 1.82) is 0 Å². The molecule has 160 valence electrons. The summed E-state index contributed by atoms with van der Waals surface area (Å²) in [5.41, 5.74) is 4.21. The second kappa shape index (κ2) is 8.36. The lowest BCUT2D eigenvalue weighted by atomic mass is 9.99. The molecule has 3 aromatic carbocycles. The number of unbranched alkanes of at least 4 members (excludes halogenated alkanes) is 2. The Labute approximate surface area is 191 Å². The number of imide groups is 1. The molecule has 0 saturated heterocycles. The van der Waals surface area contributed by atoms with Gasteiger partial charge in [-0.15, -0.1) is 0 Å². The highest BCUT2D eigenvalue weighted by atomic mass is 35.5. The summed E-state index contributed by atoms with van der Waals surface area (Å²) in [4.78, 5) is 31.3. The minimum atomic E-state index is -0.180. The quantitative estimate of drug-likeness (QED) is 0.198. The number of halogens is 1. The molecular formula is C27H23ClN2O2. The molecule has 0 radical (unpaired) electrons. The minimum absolute atomic E-state index is 0.180. The van der Waals surface area contributed by atoms with E-state index in [-0.39, 0.29) is 11.8 Å². The van der Waals surface area contributed by atoms with Crippen molar-refractivity contribution in [3.63, 3.8) is 0 Å². The average molecular weight is 443 g/mol. The van der Waals surface area contributed by atoms with Crippen molar-refractivity contribution in [1.82, 2.24) is 9.88 Å². The van der Waals surface area contributed by atoms with Crippen LogP contribution in [0.15, 0.2) is 60.7 Å². The largest absolute Gasteiger partial charge is 0.274 e. The van der Waals surface area contributed by atoms with Gasteiger partial charge in [0.2, 0.25) is 0 Å². The maximum Gasteiger partial charge on any atom is 0.261 e. The van der Waals surface area contributed by atoms with Crippen LogP contribution in [0, 0.1) is 6.92 Å². The number of aryl methyl sites for hydroxylation is 2. The van der Waals surface area contributed by atoms with E-state index in [2.05, 4.69) is 25.1 Å². The first-order chi connectivity index (χ1) is 15.5. The van der Waals surface area contributed by atoms with Crippen LogP contribution in [-0.2, 0) is 6.42 Å². The van der Waals surface area contributed by atoms with Crippen LogP contribution in [-0.4, -0.2) is 28.2 Å². The Hall–Kier alpha value is -3.24. The van der Waals surface area contributed by atoms with Crippen molar-refractivity contribution in [3.05, 3.63) is 88.1 Å². The molecule has 2 heterocycles. The van der Waals surface area contributed by atoms with Crippen LogP contribution in [0.2, 0.25) is 5.02 Å². The molecule has 5 heteroatoms. The van der Waals surface area contributed by atoms with Gasteiger partial charge in [-0.2, -0.15) is 0 Å². The van der Waals surface area contributed by atoms with Crippen molar-refractivity contribution in [2.45, 2.75) is 32.6 Å². The van der Waals surface area contributed by atoms with Crippen molar-refractivity contribution in [2.75, 3.05) is 6.54 Å². The summed E-state index contributed by atoms with van der Waals surface area (Å²) in [6.45, 7) is 2.55. The van der Waals surface area contributed by atoms with E-state index in [1.807, 2.05) is 18.2 Å². The lowest BCUT2D eigenvalue weighted by molar-refractivity contribution is 0.0651. The third-order valence-electron chi connectivity index (χ3n) is 6.16. The van der Waals surface area contributed by atoms with Crippen LogP contribution in [0.3, 0.4) is 0 Å². The molecular weight excluding hydrogens is 420 g/mol. The molecule has 0 atom stereocenters. The number of carbonyl (C=O) groups excluding carboxylic acids is 2. The highest BCUT2D eigenvalue weighted by Crippen LogP contribution is 2.30. The summed E-state index contributed by atoms with van der Waals surface area (Å²) < 4.78 is 0. The molecule has 2 amide bonds. The zero-order valence-corrected chi connectivity index (χ0v) is 18.7. The van der Waals surface area contributed by atoms with E-state index >= 15 is 0 Å². The molecule has 4 aromatic rings. The minimum Gasteiger partial charge on any atom is -0.274 e. The first-order valence-electron chi connectivity index (χ1n) is 11.0. The molecule has 4 nitrogen and oxygen atoms in total. The van der Waals surface area contributed by atoms with E-state index in [4.69, 9.17) is 16.6 Å². The van der Waals surface area contributed by atoms with Gasteiger partial charge in [-0.1, -0.05) is 53.9 Å². The maximum absolute atomic E-state index is 12.5. The number of hydrogen-bond acceptors (Lipinski definition) is 3. The predicted octanol–water partition coefficient (Wildman–Crippen LogP) is 6.36. The van der Waals surface area contributed by atoms with Crippen LogP contribution in [0.25, 0.3) is 21.7 Å². The zero-order chi connectivity index (χ0) is 22.2. The molecule has 0 unspecified atom stereocenters. The van der Waals surface area contributed by atoms with Gasteiger partial charge in [-0.05, 0) is 61.9 Å². The molecule has 0 saturated carbocycles. The summed E-state index contributed by atoms with van der Waals surface area (Å²) in [6, 6.07) is 19.4. The normalized spacial score (nSPS) is 13.4. The number of carbonyl (C=O) groups is 2. The van der Waals surface area contributed by atoms with E-state index in [0.29, 0.717) is 22.7 Å². The fourth-order valence-corrected chi connectivity index (χ4v) is 4.70.